The summed E-state index contributed by atoms with van der Waals surface area (Å²) in [4.78, 5) is 0. The third kappa shape index (κ3) is 4.17. The zero-order chi connectivity index (χ0) is 11.2. The fraction of sp³-hybridized carbons (Fsp3) is 1.00. The topological polar surface area (TPSA) is 9.23 Å². The minimum atomic E-state index is 0.568. The van der Waals surface area contributed by atoms with Crippen LogP contribution in [0.15, 0.2) is 0 Å². The number of hydrogen-bond donors (Lipinski definition) is 0. The lowest BCUT2D eigenvalue weighted by atomic mass is 9.95. The molecule has 0 saturated heterocycles. The molecule has 0 heterocycles. The van der Waals surface area contributed by atoms with Crippen LogP contribution in [0.1, 0.15) is 70.6 Å². The van der Waals surface area contributed by atoms with E-state index in [1.54, 1.807) is 0 Å². The Morgan fingerprint density at radius 1 is 0.688 bits per heavy atom. The van der Waals surface area contributed by atoms with Gasteiger partial charge in [0.1, 0.15) is 0 Å². The molecule has 0 N–H and O–H groups in total. The fourth-order valence-corrected chi connectivity index (χ4v) is 3.98. The van der Waals surface area contributed by atoms with Crippen molar-refractivity contribution in [1.29, 1.82) is 0 Å². The second-order valence-corrected chi connectivity index (χ2v) is 7.04. The summed E-state index contributed by atoms with van der Waals surface area (Å²) in [5, 5.41) is 0. The minimum absolute atomic E-state index is 0.568. The maximum Gasteiger partial charge on any atom is 0.0696 e. The van der Waals surface area contributed by atoms with Crippen LogP contribution >= 0.6 is 22.6 Å². The van der Waals surface area contributed by atoms with Crippen LogP contribution in [0.2, 0.25) is 0 Å². The van der Waals surface area contributed by atoms with E-state index >= 15 is 0 Å². The van der Waals surface area contributed by atoms with Crippen LogP contribution < -0.4 is 0 Å². The van der Waals surface area contributed by atoms with E-state index in [4.69, 9.17) is 4.74 Å². The molecule has 0 aromatic carbocycles. The maximum absolute atomic E-state index is 6.37. The van der Waals surface area contributed by atoms with Crippen molar-refractivity contribution in [2.45, 2.75) is 86.8 Å². The molecule has 2 rings (SSSR count). The van der Waals surface area contributed by atoms with Gasteiger partial charge in [-0.25, -0.2) is 0 Å². The summed E-state index contributed by atoms with van der Waals surface area (Å²) in [6, 6.07) is 0. The van der Waals surface area contributed by atoms with Crippen LogP contribution in [0.3, 0.4) is 0 Å². The van der Waals surface area contributed by atoms with E-state index in [1.165, 1.54) is 70.6 Å². The zero-order valence-corrected chi connectivity index (χ0v) is 12.5. The highest BCUT2D eigenvalue weighted by Crippen LogP contribution is 2.30. The van der Waals surface area contributed by atoms with Crippen LogP contribution in [0.5, 0.6) is 0 Å². The fourth-order valence-electron chi connectivity index (χ4n) is 3.01. The van der Waals surface area contributed by atoms with Gasteiger partial charge in [-0.3, -0.25) is 0 Å². The lowest BCUT2D eigenvalue weighted by Crippen LogP contribution is -2.32. The summed E-state index contributed by atoms with van der Waals surface area (Å²) >= 11 is 2.61. The average Bonchev–Trinajstić information content (AvgIpc) is 2.24. The van der Waals surface area contributed by atoms with E-state index in [1.807, 2.05) is 0 Å². The molecule has 0 aromatic rings. The smallest absolute Gasteiger partial charge is 0.0696 e. The van der Waals surface area contributed by atoms with Gasteiger partial charge in [0, 0.05) is 3.92 Å². The standard InChI is InChI=1S/C14H25IO/c15-13-10-6-7-11-14(13)16-12-8-4-2-1-3-5-9-12/h12-14H,1-11H2. The van der Waals surface area contributed by atoms with Crippen LogP contribution in [0.4, 0.5) is 0 Å². The molecule has 1 nitrogen and oxygen atoms in total. The molecule has 2 aliphatic rings. The predicted octanol–water partition coefficient (Wildman–Crippen LogP) is 4.86. The van der Waals surface area contributed by atoms with Crippen LogP contribution in [0, 0.1) is 0 Å². The van der Waals surface area contributed by atoms with Crippen LogP contribution in [-0.2, 0) is 4.74 Å². The molecular weight excluding hydrogens is 311 g/mol. The van der Waals surface area contributed by atoms with Crippen LogP contribution in [0.25, 0.3) is 0 Å². The molecule has 0 spiro atoms. The highest BCUT2D eigenvalue weighted by Gasteiger charge is 2.26. The average molecular weight is 336 g/mol. The van der Waals surface area contributed by atoms with Crippen molar-refractivity contribution >= 4 is 22.6 Å². The largest absolute Gasteiger partial charge is 0.374 e. The van der Waals surface area contributed by atoms with Gasteiger partial charge in [0.2, 0.25) is 0 Å². The minimum Gasteiger partial charge on any atom is -0.374 e. The molecule has 0 aliphatic heterocycles. The Morgan fingerprint density at radius 2 is 1.25 bits per heavy atom. The second-order valence-electron chi connectivity index (χ2n) is 5.44. The molecule has 2 unspecified atom stereocenters. The van der Waals surface area contributed by atoms with Gasteiger partial charge in [0.05, 0.1) is 12.2 Å². The maximum atomic E-state index is 6.37. The Balaban J connectivity index is 1.77. The molecule has 0 amide bonds. The summed E-state index contributed by atoms with van der Waals surface area (Å²) in [6.07, 6.45) is 16.4. The second kappa shape index (κ2) is 7.20. The molecule has 2 fully saturated rings. The molecule has 0 radical (unpaired) electrons. The van der Waals surface area contributed by atoms with E-state index in [9.17, 15) is 0 Å². The molecule has 2 heteroatoms. The van der Waals surface area contributed by atoms with E-state index in [0.717, 1.165) is 3.92 Å². The van der Waals surface area contributed by atoms with E-state index in [0.29, 0.717) is 12.2 Å². The lowest BCUT2D eigenvalue weighted by Gasteiger charge is -2.32. The van der Waals surface area contributed by atoms with Crippen molar-refractivity contribution in [1.82, 2.24) is 0 Å². The monoisotopic (exact) mass is 336 g/mol. The molecule has 16 heavy (non-hydrogen) atoms. The molecule has 2 atom stereocenters. The van der Waals surface area contributed by atoms with Gasteiger partial charge in [-0.15, -0.1) is 0 Å². The summed E-state index contributed by atoms with van der Waals surface area (Å²) in [6.45, 7) is 0. The highest BCUT2D eigenvalue weighted by molar-refractivity contribution is 14.1. The van der Waals surface area contributed by atoms with Gasteiger partial charge in [-0.05, 0) is 25.7 Å². The number of hydrogen-bond acceptors (Lipinski definition) is 1. The number of halogens is 1. The zero-order valence-electron chi connectivity index (χ0n) is 10.3. The Kier molecular flexibility index (Phi) is 5.91. The van der Waals surface area contributed by atoms with Gasteiger partial charge >= 0.3 is 0 Å². The van der Waals surface area contributed by atoms with Crippen LogP contribution in [-0.4, -0.2) is 16.1 Å². The quantitative estimate of drug-likeness (QED) is 0.517. The van der Waals surface area contributed by atoms with Crippen molar-refractivity contribution in [3.05, 3.63) is 0 Å². The van der Waals surface area contributed by atoms with Crippen molar-refractivity contribution in [2.75, 3.05) is 0 Å². The van der Waals surface area contributed by atoms with Gasteiger partial charge in [-0.2, -0.15) is 0 Å². The summed E-state index contributed by atoms with van der Waals surface area (Å²) < 4.78 is 7.15. The van der Waals surface area contributed by atoms with Gasteiger partial charge in [-0.1, -0.05) is 67.5 Å². The van der Waals surface area contributed by atoms with Crippen molar-refractivity contribution < 1.29 is 4.74 Å². The molecular formula is C14H25IO. The molecule has 2 aliphatic carbocycles. The first-order valence-corrected chi connectivity index (χ1v) is 8.40. The molecule has 94 valence electrons. The Labute approximate surface area is 114 Å². The Morgan fingerprint density at radius 3 is 1.94 bits per heavy atom. The first kappa shape index (κ1) is 13.1. The predicted molar refractivity (Wildman–Crippen MR) is 77.3 cm³/mol. The number of alkyl halides is 1. The Hall–Kier alpha value is 0.690. The first-order valence-electron chi connectivity index (χ1n) is 7.16. The van der Waals surface area contributed by atoms with Gasteiger partial charge < -0.3 is 4.74 Å². The summed E-state index contributed by atoms with van der Waals surface area (Å²) in [7, 11) is 0. The molecule has 2 saturated carbocycles. The van der Waals surface area contributed by atoms with Crippen molar-refractivity contribution in [3.63, 3.8) is 0 Å². The molecule has 0 aromatic heterocycles. The van der Waals surface area contributed by atoms with E-state index in [-0.39, 0.29) is 0 Å². The van der Waals surface area contributed by atoms with Crippen molar-refractivity contribution in [3.8, 4) is 0 Å². The van der Waals surface area contributed by atoms with Crippen molar-refractivity contribution in [2.24, 2.45) is 0 Å². The summed E-state index contributed by atoms with van der Waals surface area (Å²) in [5.41, 5.74) is 0. The third-order valence-corrected chi connectivity index (χ3v) is 5.47. The normalized spacial score (nSPS) is 34.3. The summed E-state index contributed by atoms with van der Waals surface area (Å²) in [5.74, 6) is 0. The SMILES string of the molecule is IC1CCCCC1OC1CCCCCCC1. The number of rotatable bonds is 2. The lowest BCUT2D eigenvalue weighted by molar-refractivity contribution is -0.0346. The highest BCUT2D eigenvalue weighted by atomic mass is 127. The number of ether oxygens (including phenoxy) is 1. The first-order chi connectivity index (χ1) is 7.86. The van der Waals surface area contributed by atoms with E-state index < -0.39 is 0 Å². The molecule has 0 bridgehead atoms. The third-order valence-electron chi connectivity index (χ3n) is 4.04. The van der Waals surface area contributed by atoms with E-state index in [2.05, 4.69) is 22.6 Å². The Bertz CT molecular complexity index is 187. The van der Waals surface area contributed by atoms with Gasteiger partial charge in [0.25, 0.3) is 0 Å². The van der Waals surface area contributed by atoms with Gasteiger partial charge in [0.15, 0.2) is 0 Å².